The highest BCUT2D eigenvalue weighted by atomic mass is 31.2. The van der Waals surface area contributed by atoms with Crippen LogP contribution in [0, 0.1) is 0 Å². The summed E-state index contributed by atoms with van der Waals surface area (Å²) in [6, 6.07) is 0. The molecule has 0 heterocycles. The molecule has 2 atom stereocenters. The molecule has 0 saturated heterocycles. The first-order chi connectivity index (χ1) is 35.3. The number of esters is 2. The van der Waals surface area contributed by atoms with Gasteiger partial charge in [0.1, 0.15) is 6.61 Å². The fourth-order valence-corrected chi connectivity index (χ4v) is 8.40. The van der Waals surface area contributed by atoms with Crippen molar-refractivity contribution in [3.8, 4) is 0 Å². The molecule has 0 bridgehead atoms. The number of rotatable bonds is 53. The van der Waals surface area contributed by atoms with Gasteiger partial charge < -0.3 is 20.1 Å². The molecule has 0 radical (unpaired) electrons. The fourth-order valence-electron chi connectivity index (χ4n) is 7.63. The van der Waals surface area contributed by atoms with Crippen molar-refractivity contribution in [2.24, 2.45) is 5.73 Å². The van der Waals surface area contributed by atoms with Gasteiger partial charge in [-0.05, 0) is 96.3 Å². The van der Waals surface area contributed by atoms with E-state index in [4.69, 9.17) is 24.3 Å². The minimum Gasteiger partial charge on any atom is -0.462 e. The first-order valence-electron chi connectivity index (χ1n) is 28.9. The zero-order valence-electron chi connectivity index (χ0n) is 45.9. The zero-order valence-corrected chi connectivity index (χ0v) is 46.8. The maximum absolute atomic E-state index is 12.7. The van der Waals surface area contributed by atoms with E-state index in [-0.39, 0.29) is 32.6 Å². The molecule has 0 saturated carbocycles. The summed E-state index contributed by atoms with van der Waals surface area (Å²) in [5.41, 5.74) is 5.37. The van der Waals surface area contributed by atoms with Crippen LogP contribution in [0.25, 0.3) is 0 Å². The minimum atomic E-state index is -4.39. The summed E-state index contributed by atoms with van der Waals surface area (Å²) in [5, 5.41) is 0. The lowest BCUT2D eigenvalue weighted by Crippen LogP contribution is -2.29. The van der Waals surface area contributed by atoms with Crippen molar-refractivity contribution in [1.29, 1.82) is 0 Å². The van der Waals surface area contributed by atoms with E-state index in [1.807, 2.05) is 0 Å². The third-order valence-corrected chi connectivity index (χ3v) is 12.9. The molecule has 72 heavy (non-hydrogen) atoms. The van der Waals surface area contributed by atoms with E-state index in [1.165, 1.54) is 89.9 Å². The molecule has 0 aromatic heterocycles. The topological polar surface area (TPSA) is 134 Å². The summed E-state index contributed by atoms with van der Waals surface area (Å²) < 4.78 is 32.9. The number of allylic oxidation sites excluding steroid dienone is 18. The van der Waals surface area contributed by atoms with E-state index < -0.39 is 32.5 Å². The van der Waals surface area contributed by atoms with Crippen molar-refractivity contribution in [3.05, 3.63) is 109 Å². The van der Waals surface area contributed by atoms with Crippen LogP contribution in [0.4, 0.5) is 0 Å². The number of carbonyl (C=O) groups excluding carboxylic acids is 2. The van der Waals surface area contributed by atoms with Gasteiger partial charge >= 0.3 is 19.8 Å². The van der Waals surface area contributed by atoms with Crippen molar-refractivity contribution in [1.82, 2.24) is 0 Å². The van der Waals surface area contributed by atoms with Crippen LogP contribution < -0.4 is 5.73 Å². The number of hydrogen-bond donors (Lipinski definition) is 2. The molecule has 0 spiro atoms. The van der Waals surface area contributed by atoms with E-state index in [0.29, 0.717) is 12.8 Å². The number of hydrogen-bond acceptors (Lipinski definition) is 8. The summed E-state index contributed by atoms with van der Waals surface area (Å²) >= 11 is 0. The van der Waals surface area contributed by atoms with Crippen molar-refractivity contribution in [2.75, 3.05) is 26.4 Å². The Kier molecular flexibility index (Phi) is 54.3. The van der Waals surface area contributed by atoms with Crippen LogP contribution in [0.3, 0.4) is 0 Å². The van der Waals surface area contributed by atoms with E-state index in [0.717, 1.165) is 109 Å². The van der Waals surface area contributed by atoms with Crippen LogP contribution >= 0.6 is 7.82 Å². The van der Waals surface area contributed by atoms with E-state index >= 15 is 0 Å². The smallest absolute Gasteiger partial charge is 0.462 e. The summed E-state index contributed by atoms with van der Waals surface area (Å²) in [5.74, 6) is -0.846. The second-order valence-electron chi connectivity index (χ2n) is 18.8. The van der Waals surface area contributed by atoms with Crippen molar-refractivity contribution >= 4 is 19.8 Å². The number of ether oxygens (including phenoxy) is 2. The van der Waals surface area contributed by atoms with Crippen molar-refractivity contribution in [2.45, 2.75) is 245 Å². The van der Waals surface area contributed by atoms with Crippen LogP contribution in [0.15, 0.2) is 109 Å². The lowest BCUT2D eigenvalue weighted by atomic mass is 10.0. The molecule has 0 aliphatic rings. The Balaban J connectivity index is 3.90. The molecule has 0 aromatic carbocycles. The van der Waals surface area contributed by atoms with Crippen molar-refractivity contribution < 1.29 is 37.6 Å². The normalized spacial score (nSPS) is 13.9. The summed E-state index contributed by atoms with van der Waals surface area (Å²) in [6.45, 7) is 3.57. The maximum atomic E-state index is 12.7. The average Bonchev–Trinajstić information content (AvgIpc) is 3.37. The van der Waals surface area contributed by atoms with E-state index in [9.17, 15) is 19.0 Å². The fraction of sp³-hybridized carbons (Fsp3) is 0.677. The second-order valence-corrected chi connectivity index (χ2v) is 20.2. The van der Waals surface area contributed by atoms with Gasteiger partial charge in [0.15, 0.2) is 6.10 Å². The van der Waals surface area contributed by atoms with Gasteiger partial charge in [0.25, 0.3) is 0 Å². The predicted octanol–water partition coefficient (Wildman–Crippen LogP) is 18.2. The highest BCUT2D eigenvalue weighted by Crippen LogP contribution is 2.43. The Morgan fingerprint density at radius 3 is 1.14 bits per heavy atom. The van der Waals surface area contributed by atoms with E-state index in [2.05, 4.69) is 123 Å². The molecular formula is C62H106NO8P. The van der Waals surface area contributed by atoms with Crippen LogP contribution in [-0.4, -0.2) is 49.3 Å². The average molecular weight is 1020 g/mol. The van der Waals surface area contributed by atoms with Crippen molar-refractivity contribution in [3.63, 3.8) is 0 Å². The van der Waals surface area contributed by atoms with Gasteiger partial charge in [-0.25, -0.2) is 4.57 Å². The molecular weight excluding hydrogens is 918 g/mol. The Morgan fingerprint density at radius 2 is 0.764 bits per heavy atom. The highest BCUT2D eigenvalue weighted by Gasteiger charge is 2.26. The largest absolute Gasteiger partial charge is 0.472 e. The van der Waals surface area contributed by atoms with Crippen LogP contribution in [-0.2, 0) is 32.7 Å². The third kappa shape index (κ3) is 56.0. The predicted molar refractivity (Wildman–Crippen MR) is 307 cm³/mol. The zero-order chi connectivity index (χ0) is 52.4. The molecule has 0 rings (SSSR count). The minimum absolute atomic E-state index is 0.0477. The standard InChI is InChI=1S/C62H106NO8P/c1-3-5-7-9-11-13-15-17-19-20-21-22-23-24-25-26-27-28-29-30-31-32-33-34-35-36-37-38-39-40-41-43-45-47-49-51-53-55-62(65)71-60(59-70-72(66,67)69-57-56-63)58-68-61(64)54-52-50-48-46-44-42-18-16-14-12-10-8-6-4-2/h5,7,10-13,16-19,21-22,24-25,27-28,30-31,60H,3-4,6,8-9,14-15,20,23,26,29,32-59,63H2,1-2H3,(H,66,67)/b7-5-,12-10-,13-11-,18-16-,19-17-,22-21-,25-24-,28-27-,31-30-. The number of unbranched alkanes of at least 4 members (excludes halogenated alkanes) is 22. The summed E-state index contributed by atoms with van der Waals surface area (Å²) in [6.07, 6.45) is 77.2. The lowest BCUT2D eigenvalue weighted by Gasteiger charge is -2.19. The van der Waals surface area contributed by atoms with Crippen LogP contribution in [0.1, 0.15) is 239 Å². The van der Waals surface area contributed by atoms with Gasteiger partial charge in [-0.1, -0.05) is 239 Å². The molecule has 0 amide bonds. The monoisotopic (exact) mass is 1020 g/mol. The van der Waals surface area contributed by atoms with Gasteiger partial charge in [-0.3, -0.25) is 18.6 Å². The summed E-state index contributed by atoms with van der Waals surface area (Å²) in [4.78, 5) is 35.1. The number of phosphoric acid groups is 1. The van der Waals surface area contributed by atoms with Gasteiger partial charge in [-0.15, -0.1) is 0 Å². The first-order valence-corrected chi connectivity index (χ1v) is 30.4. The van der Waals surface area contributed by atoms with Gasteiger partial charge in [-0.2, -0.15) is 0 Å². The van der Waals surface area contributed by atoms with Gasteiger partial charge in [0.2, 0.25) is 0 Å². The van der Waals surface area contributed by atoms with E-state index in [1.54, 1.807) is 0 Å². The molecule has 10 heteroatoms. The number of carbonyl (C=O) groups is 2. The quantitative estimate of drug-likeness (QED) is 0.0264. The molecule has 2 unspecified atom stereocenters. The first kappa shape index (κ1) is 68.7. The Bertz CT molecular complexity index is 1540. The second kappa shape index (κ2) is 57.0. The molecule has 3 N–H and O–H groups in total. The SMILES string of the molecule is CC/C=C\C/C=C\C/C=C\C/C=C\C/C=C\C/C=C\C/C=C\CCCCCCCCCCCCCCCCCC(=O)OC(COC(=O)CCCCCCC/C=C\C/C=C\CCCC)COP(=O)(O)OCCN. The Hall–Kier alpha value is -3.33. The molecule has 0 aromatic rings. The number of nitrogens with two attached hydrogens (primary N) is 1. The molecule has 9 nitrogen and oxygen atoms in total. The molecule has 0 aliphatic carbocycles. The van der Waals surface area contributed by atoms with Gasteiger partial charge in [0.05, 0.1) is 13.2 Å². The summed E-state index contributed by atoms with van der Waals surface area (Å²) in [7, 11) is -4.39. The molecule has 0 fully saturated rings. The number of phosphoric ester groups is 1. The van der Waals surface area contributed by atoms with Crippen LogP contribution in [0.5, 0.6) is 0 Å². The lowest BCUT2D eigenvalue weighted by molar-refractivity contribution is -0.161. The van der Waals surface area contributed by atoms with Crippen LogP contribution in [0.2, 0.25) is 0 Å². The van der Waals surface area contributed by atoms with Gasteiger partial charge in [0, 0.05) is 19.4 Å². The molecule has 0 aliphatic heterocycles. The Morgan fingerprint density at radius 1 is 0.431 bits per heavy atom. The third-order valence-electron chi connectivity index (χ3n) is 11.9. The highest BCUT2D eigenvalue weighted by molar-refractivity contribution is 7.47. The molecule has 412 valence electrons. The maximum Gasteiger partial charge on any atom is 0.472 e. The Labute approximate surface area is 441 Å².